The molecular weight excluding hydrogens is 206 g/mol. The van der Waals surface area contributed by atoms with E-state index in [-0.39, 0.29) is 5.91 Å². The molecule has 0 bridgehead atoms. The van der Waals surface area contributed by atoms with E-state index >= 15 is 0 Å². The summed E-state index contributed by atoms with van der Waals surface area (Å²) in [5.74, 6) is 1.25. The molecule has 0 aliphatic carbocycles. The van der Waals surface area contributed by atoms with Crippen LogP contribution in [0.5, 0.6) is 0 Å². The van der Waals surface area contributed by atoms with E-state index in [4.69, 9.17) is 5.73 Å². The molecule has 1 aromatic carbocycles. The summed E-state index contributed by atoms with van der Waals surface area (Å²) in [5.41, 5.74) is 6.42. The third kappa shape index (κ3) is 6.18. The average Bonchev–Trinajstić information content (AvgIpc) is 2.24. The van der Waals surface area contributed by atoms with Crippen LogP contribution in [0.2, 0.25) is 0 Å². The van der Waals surface area contributed by atoms with Crippen LogP contribution in [0.4, 0.5) is 0 Å². The lowest BCUT2D eigenvalue weighted by Gasteiger charge is -2.01. The molecule has 0 saturated carbocycles. The zero-order chi connectivity index (χ0) is 10.9. The molecule has 0 fully saturated rings. The SMILES string of the molecule is NC(=O)CSCCCCc1ccccc1. The van der Waals surface area contributed by atoms with Gasteiger partial charge in [-0.15, -0.1) is 0 Å². The summed E-state index contributed by atoms with van der Waals surface area (Å²) in [4.78, 5) is 10.5. The van der Waals surface area contributed by atoms with Gasteiger partial charge in [-0.2, -0.15) is 11.8 Å². The Bertz CT molecular complexity index is 287. The molecule has 3 heteroatoms. The zero-order valence-corrected chi connectivity index (χ0v) is 9.63. The van der Waals surface area contributed by atoms with E-state index in [1.54, 1.807) is 11.8 Å². The normalized spacial score (nSPS) is 10.1. The Kier molecular flexibility index (Phi) is 5.93. The number of thioether (sulfide) groups is 1. The number of unbranched alkanes of at least 4 members (excludes halogenated alkanes) is 1. The molecule has 0 unspecified atom stereocenters. The lowest BCUT2D eigenvalue weighted by atomic mass is 10.1. The molecule has 0 aliphatic rings. The number of hydrogen-bond acceptors (Lipinski definition) is 2. The summed E-state index contributed by atoms with van der Waals surface area (Å²) in [6, 6.07) is 10.5. The molecule has 2 nitrogen and oxygen atoms in total. The van der Waals surface area contributed by atoms with Crippen LogP contribution in [0.1, 0.15) is 18.4 Å². The van der Waals surface area contributed by atoms with Gasteiger partial charge in [-0.05, 0) is 30.6 Å². The van der Waals surface area contributed by atoms with Crippen LogP contribution in [0.3, 0.4) is 0 Å². The minimum absolute atomic E-state index is 0.219. The molecular formula is C12H17NOS. The van der Waals surface area contributed by atoms with Gasteiger partial charge in [-0.1, -0.05) is 30.3 Å². The van der Waals surface area contributed by atoms with E-state index in [1.807, 2.05) is 6.07 Å². The molecule has 82 valence electrons. The van der Waals surface area contributed by atoms with Gasteiger partial charge in [0.1, 0.15) is 0 Å². The van der Waals surface area contributed by atoms with Gasteiger partial charge in [0.15, 0.2) is 0 Å². The van der Waals surface area contributed by atoms with Gasteiger partial charge in [0.05, 0.1) is 5.75 Å². The van der Waals surface area contributed by atoms with Crippen molar-refractivity contribution in [1.82, 2.24) is 0 Å². The summed E-state index contributed by atoms with van der Waals surface area (Å²) in [6.07, 6.45) is 3.45. The lowest BCUT2D eigenvalue weighted by Crippen LogP contribution is -2.13. The number of primary amides is 1. The minimum Gasteiger partial charge on any atom is -0.369 e. The zero-order valence-electron chi connectivity index (χ0n) is 8.82. The van der Waals surface area contributed by atoms with E-state index in [0.29, 0.717) is 5.75 Å². The first-order chi connectivity index (χ1) is 7.29. The van der Waals surface area contributed by atoms with Crippen molar-refractivity contribution in [3.8, 4) is 0 Å². The molecule has 1 amide bonds. The average molecular weight is 223 g/mol. The van der Waals surface area contributed by atoms with Gasteiger partial charge < -0.3 is 5.73 Å². The molecule has 2 N–H and O–H groups in total. The van der Waals surface area contributed by atoms with Crippen molar-refractivity contribution in [2.24, 2.45) is 5.73 Å². The second kappa shape index (κ2) is 7.35. The van der Waals surface area contributed by atoms with Gasteiger partial charge in [-0.25, -0.2) is 0 Å². The molecule has 0 aliphatic heterocycles. The first kappa shape index (κ1) is 12.1. The highest BCUT2D eigenvalue weighted by molar-refractivity contribution is 7.99. The Balaban J connectivity index is 2.00. The fourth-order valence-electron chi connectivity index (χ4n) is 1.35. The van der Waals surface area contributed by atoms with Crippen LogP contribution in [-0.4, -0.2) is 17.4 Å². The van der Waals surface area contributed by atoms with E-state index < -0.39 is 0 Å². The molecule has 1 aromatic rings. The van der Waals surface area contributed by atoms with Crippen LogP contribution < -0.4 is 5.73 Å². The van der Waals surface area contributed by atoms with Gasteiger partial charge in [-0.3, -0.25) is 4.79 Å². The van der Waals surface area contributed by atoms with Crippen LogP contribution in [0.25, 0.3) is 0 Å². The Morgan fingerprint density at radius 1 is 1.20 bits per heavy atom. The van der Waals surface area contributed by atoms with Gasteiger partial charge in [0, 0.05) is 0 Å². The second-order valence-corrected chi connectivity index (χ2v) is 4.57. The number of aryl methyl sites for hydroxylation is 1. The molecule has 1 rings (SSSR count). The van der Waals surface area contributed by atoms with Crippen LogP contribution in [-0.2, 0) is 11.2 Å². The standard InChI is InChI=1S/C12H17NOS/c13-12(14)10-15-9-5-4-8-11-6-2-1-3-7-11/h1-3,6-7H,4-5,8-10H2,(H2,13,14). The number of amides is 1. The van der Waals surface area contributed by atoms with Crippen LogP contribution in [0.15, 0.2) is 30.3 Å². The number of carbonyl (C=O) groups is 1. The van der Waals surface area contributed by atoms with Crippen LogP contribution in [0, 0.1) is 0 Å². The maximum atomic E-state index is 10.5. The monoisotopic (exact) mass is 223 g/mol. The maximum absolute atomic E-state index is 10.5. The fourth-order valence-corrected chi connectivity index (χ4v) is 2.10. The first-order valence-electron chi connectivity index (χ1n) is 5.19. The molecule has 0 atom stereocenters. The van der Waals surface area contributed by atoms with E-state index in [1.165, 1.54) is 12.0 Å². The Morgan fingerprint density at radius 3 is 2.60 bits per heavy atom. The van der Waals surface area contributed by atoms with Gasteiger partial charge in [0.2, 0.25) is 5.91 Å². The van der Waals surface area contributed by atoms with Crippen molar-refractivity contribution in [3.05, 3.63) is 35.9 Å². The Hall–Kier alpha value is -0.960. The first-order valence-corrected chi connectivity index (χ1v) is 6.34. The highest BCUT2D eigenvalue weighted by Gasteiger charge is 1.95. The topological polar surface area (TPSA) is 43.1 Å². The fraction of sp³-hybridized carbons (Fsp3) is 0.417. The summed E-state index contributed by atoms with van der Waals surface area (Å²) >= 11 is 1.62. The largest absolute Gasteiger partial charge is 0.369 e. The Morgan fingerprint density at radius 2 is 1.93 bits per heavy atom. The second-order valence-electron chi connectivity index (χ2n) is 3.46. The van der Waals surface area contributed by atoms with Crippen molar-refractivity contribution in [2.75, 3.05) is 11.5 Å². The predicted molar refractivity (Wildman–Crippen MR) is 65.9 cm³/mol. The van der Waals surface area contributed by atoms with Crippen molar-refractivity contribution in [1.29, 1.82) is 0 Å². The quantitative estimate of drug-likeness (QED) is 0.720. The summed E-state index contributed by atoms with van der Waals surface area (Å²) < 4.78 is 0. The molecule has 0 radical (unpaired) electrons. The highest BCUT2D eigenvalue weighted by Crippen LogP contribution is 2.08. The molecule has 0 heterocycles. The van der Waals surface area contributed by atoms with E-state index in [2.05, 4.69) is 24.3 Å². The van der Waals surface area contributed by atoms with Crippen LogP contribution >= 0.6 is 11.8 Å². The van der Waals surface area contributed by atoms with Crippen molar-refractivity contribution in [2.45, 2.75) is 19.3 Å². The Labute approximate surface area is 95.2 Å². The number of benzene rings is 1. The van der Waals surface area contributed by atoms with E-state index in [9.17, 15) is 4.79 Å². The van der Waals surface area contributed by atoms with Gasteiger partial charge >= 0.3 is 0 Å². The molecule has 15 heavy (non-hydrogen) atoms. The number of nitrogens with two attached hydrogens (primary N) is 1. The number of rotatable bonds is 7. The third-order valence-electron chi connectivity index (χ3n) is 2.09. The summed E-state index contributed by atoms with van der Waals surface area (Å²) in [5, 5.41) is 0. The summed E-state index contributed by atoms with van der Waals surface area (Å²) in [7, 11) is 0. The summed E-state index contributed by atoms with van der Waals surface area (Å²) in [6.45, 7) is 0. The smallest absolute Gasteiger partial charge is 0.227 e. The molecule has 0 aromatic heterocycles. The van der Waals surface area contributed by atoms with Gasteiger partial charge in [0.25, 0.3) is 0 Å². The van der Waals surface area contributed by atoms with Crippen molar-refractivity contribution >= 4 is 17.7 Å². The maximum Gasteiger partial charge on any atom is 0.227 e. The van der Waals surface area contributed by atoms with E-state index in [0.717, 1.165) is 18.6 Å². The highest BCUT2D eigenvalue weighted by atomic mass is 32.2. The molecule has 0 saturated heterocycles. The number of carbonyl (C=O) groups excluding carboxylic acids is 1. The van der Waals surface area contributed by atoms with Crippen molar-refractivity contribution in [3.63, 3.8) is 0 Å². The molecule has 0 spiro atoms. The minimum atomic E-state index is -0.219. The number of hydrogen-bond donors (Lipinski definition) is 1. The predicted octanol–water partition coefficient (Wildman–Crippen LogP) is 2.23. The lowest BCUT2D eigenvalue weighted by molar-refractivity contribution is -0.115. The van der Waals surface area contributed by atoms with Crippen molar-refractivity contribution < 1.29 is 4.79 Å². The third-order valence-corrected chi connectivity index (χ3v) is 3.16.